The molecule has 90 valence electrons. The van der Waals surface area contributed by atoms with Gasteiger partial charge < -0.3 is 9.84 Å². The highest BCUT2D eigenvalue weighted by Crippen LogP contribution is 2.22. The Morgan fingerprint density at radius 2 is 2.35 bits per heavy atom. The molecule has 1 heterocycles. The largest absolute Gasteiger partial charge is 0.484 e. The summed E-state index contributed by atoms with van der Waals surface area (Å²) in [6.07, 6.45) is -0.683. The van der Waals surface area contributed by atoms with E-state index in [9.17, 15) is 9.50 Å². The van der Waals surface area contributed by atoms with Gasteiger partial charge in [-0.25, -0.2) is 9.37 Å². The van der Waals surface area contributed by atoms with Gasteiger partial charge in [0.15, 0.2) is 11.6 Å². The molecule has 0 spiro atoms. The van der Waals surface area contributed by atoms with Crippen LogP contribution in [-0.2, 0) is 6.61 Å². The van der Waals surface area contributed by atoms with Gasteiger partial charge >= 0.3 is 0 Å². The number of ether oxygens (including phenoxy) is 1. The highest BCUT2D eigenvalue weighted by molar-refractivity contribution is 7.07. The fourth-order valence-electron chi connectivity index (χ4n) is 1.35. The molecule has 2 aromatic rings. The number of aromatic nitrogens is 1. The second-order valence-corrected chi connectivity index (χ2v) is 4.35. The predicted molar refractivity (Wildman–Crippen MR) is 63.5 cm³/mol. The van der Waals surface area contributed by atoms with Gasteiger partial charge in [0.25, 0.3) is 0 Å². The van der Waals surface area contributed by atoms with Crippen molar-refractivity contribution < 1.29 is 14.2 Å². The molecule has 1 aromatic carbocycles. The van der Waals surface area contributed by atoms with E-state index in [1.165, 1.54) is 23.5 Å². The van der Waals surface area contributed by atoms with Crippen LogP contribution in [0.3, 0.4) is 0 Å². The lowest BCUT2D eigenvalue weighted by molar-refractivity contribution is 0.198. The van der Waals surface area contributed by atoms with Gasteiger partial charge in [-0.2, -0.15) is 0 Å². The lowest BCUT2D eigenvalue weighted by Crippen LogP contribution is -1.99. The molecule has 0 aliphatic heterocycles. The highest BCUT2D eigenvalue weighted by Gasteiger charge is 2.08. The zero-order valence-electron chi connectivity index (χ0n) is 9.26. The zero-order valence-corrected chi connectivity index (χ0v) is 10.1. The second kappa shape index (κ2) is 5.25. The first-order valence-corrected chi connectivity index (χ1v) is 6.08. The standard InChI is InChI=1S/C12H12FNO2S/c1-8(15)9-2-3-12(11(13)4-9)16-5-10-6-17-7-14-10/h2-4,6-8,15H,5H2,1H3/t8-/m1/s1. The summed E-state index contributed by atoms with van der Waals surface area (Å²) in [6, 6.07) is 4.44. The summed E-state index contributed by atoms with van der Waals surface area (Å²) in [5.41, 5.74) is 3.00. The lowest BCUT2D eigenvalue weighted by Gasteiger charge is -2.09. The third-order valence-corrected chi connectivity index (χ3v) is 2.93. The molecular weight excluding hydrogens is 241 g/mol. The molecular formula is C12H12FNO2S. The molecule has 1 aromatic heterocycles. The molecule has 0 amide bonds. The van der Waals surface area contributed by atoms with Crippen LogP contribution in [0.15, 0.2) is 29.1 Å². The van der Waals surface area contributed by atoms with Crippen molar-refractivity contribution in [2.45, 2.75) is 19.6 Å². The van der Waals surface area contributed by atoms with Crippen molar-refractivity contribution in [3.05, 3.63) is 46.2 Å². The predicted octanol–water partition coefficient (Wildman–Crippen LogP) is 2.91. The number of thiazole rings is 1. The van der Waals surface area contributed by atoms with Crippen LogP contribution >= 0.6 is 11.3 Å². The third-order valence-electron chi connectivity index (χ3n) is 2.30. The van der Waals surface area contributed by atoms with Crippen molar-refractivity contribution in [1.29, 1.82) is 0 Å². The molecule has 0 aliphatic rings. The van der Waals surface area contributed by atoms with Gasteiger partial charge in [-0.05, 0) is 24.6 Å². The minimum Gasteiger partial charge on any atom is -0.484 e. The Bertz CT molecular complexity index is 485. The average Bonchev–Trinajstić information content (AvgIpc) is 2.80. The Labute approximate surface area is 103 Å². The summed E-state index contributed by atoms with van der Waals surface area (Å²) >= 11 is 1.47. The highest BCUT2D eigenvalue weighted by atomic mass is 32.1. The first kappa shape index (κ1) is 12.0. The molecule has 0 bridgehead atoms. The number of nitrogens with zero attached hydrogens (tertiary/aromatic N) is 1. The Balaban J connectivity index is 2.06. The third kappa shape index (κ3) is 3.01. The molecule has 0 saturated carbocycles. The fraction of sp³-hybridized carbons (Fsp3) is 0.250. The first-order chi connectivity index (χ1) is 8.16. The number of aliphatic hydroxyl groups excluding tert-OH is 1. The number of rotatable bonds is 4. The fourth-order valence-corrected chi connectivity index (χ4v) is 1.90. The van der Waals surface area contributed by atoms with Crippen LogP contribution < -0.4 is 4.74 Å². The smallest absolute Gasteiger partial charge is 0.165 e. The number of aliphatic hydroxyl groups is 1. The first-order valence-electron chi connectivity index (χ1n) is 5.14. The van der Waals surface area contributed by atoms with E-state index in [0.29, 0.717) is 5.56 Å². The molecule has 0 fully saturated rings. The molecule has 1 N–H and O–H groups in total. The summed E-state index contributed by atoms with van der Waals surface area (Å²) in [5.74, 6) is -0.305. The van der Waals surface area contributed by atoms with Crippen molar-refractivity contribution >= 4 is 11.3 Å². The van der Waals surface area contributed by atoms with Gasteiger partial charge in [0.05, 0.1) is 17.3 Å². The van der Waals surface area contributed by atoms with Gasteiger partial charge in [0, 0.05) is 5.38 Å². The average molecular weight is 253 g/mol. The van der Waals surface area contributed by atoms with E-state index in [4.69, 9.17) is 4.74 Å². The van der Waals surface area contributed by atoms with Crippen LogP contribution in [0, 0.1) is 5.82 Å². The number of benzene rings is 1. The normalized spacial score (nSPS) is 12.4. The van der Waals surface area contributed by atoms with Crippen LogP contribution in [-0.4, -0.2) is 10.1 Å². The quantitative estimate of drug-likeness (QED) is 0.911. The van der Waals surface area contributed by atoms with E-state index < -0.39 is 11.9 Å². The summed E-state index contributed by atoms with van der Waals surface area (Å²) in [6.45, 7) is 1.83. The minimum atomic E-state index is -0.683. The Morgan fingerprint density at radius 1 is 1.53 bits per heavy atom. The van der Waals surface area contributed by atoms with Crippen molar-refractivity contribution in [3.63, 3.8) is 0 Å². The van der Waals surface area contributed by atoms with Crippen LogP contribution in [0.2, 0.25) is 0 Å². The Morgan fingerprint density at radius 3 is 2.94 bits per heavy atom. The number of hydrogen-bond acceptors (Lipinski definition) is 4. The summed E-state index contributed by atoms with van der Waals surface area (Å²) < 4.78 is 18.9. The van der Waals surface area contributed by atoms with E-state index in [1.807, 2.05) is 5.38 Å². The molecule has 5 heteroatoms. The molecule has 0 aliphatic carbocycles. The Kier molecular flexibility index (Phi) is 3.71. The van der Waals surface area contributed by atoms with Gasteiger partial charge in [-0.1, -0.05) is 6.07 Å². The van der Waals surface area contributed by atoms with E-state index in [0.717, 1.165) is 5.69 Å². The van der Waals surface area contributed by atoms with Gasteiger partial charge in [-0.3, -0.25) is 0 Å². The van der Waals surface area contributed by atoms with Crippen LogP contribution in [0.1, 0.15) is 24.3 Å². The molecule has 17 heavy (non-hydrogen) atoms. The molecule has 0 unspecified atom stereocenters. The zero-order chi connectivity index (χ0) is 12.3. The molecule has 1 atom stereocenters. The maximum absolute atomic E-state index is 13.6. The summed E-state index contributed by atoms with van der Waals surface area (Å²) in [7, 11) is 0. The number of hydrogen-bond donors (Lipinski definition) is 1. The van der Waals surface area contributed by atoms with Crippen molar-refractivity contribution in [2.75, 3.05) is 0 Å². The summed E-state index contributed by atoms with van der Waals surface area (Å²) in [4.78, 5) is 4.04. The minimum absolute atomic E-state index is 0.169. The topological polar surface area (TPSA) is 42.4 Å². The van der Waals surface area contributed by atoms with E-state index in [1.54, 1.807) is 18.5 Å². The van der Waals surface area contributed by atoms with E-state index >= 15 is 0 Å². The van der Waals surface area contributed by atoms with E-state index in [2.05, 4.69) is 4.98 Å². The lowest BCUT2D eigenvalue weighted by atomic mass is 10.1. The Hall–Kier alpha value is -1.46. The van der Waals surface area contributed by atoms with E-state index in [-0.39, 0.29) is 12.4 Å². The van der Waals surface area contributed by atoms with Gasteiger partial charge in [-0.15, -0.1) is 11.3 Å². The van der Waals surface area contributed by atoms with Crippen molar-refractivity contribution in [1.82, 2.24) is 4.98 Å². The second-order valence-electron chi connectivity index (χ2n) is 3.63. The van der Waals surface area contributed by atoms with Gasteiger partial charge in [0.2, 0.25) is 0 Å². The van der Waals surface area contributed by atoms with Gasteiger partial charge in [0.1, 0.15) is 6.61 Å². The summed E-state index contributed by atoms with van der Waals surface area (Å²) in [5, 5.41) is 11.2. The maximum Gasteiger partial charge on any atom is 0.165 e. The van der Waals surface area contributed by atoms with Crippen LogP contribution in [0.4, 0.5) is 4.39 Å². The van der Waals surface area contributed by atoms with Crippen LogP contribution in [0.25, 0.3) is 0 Å². The monoisotopic (exact) mass is 253 g/mol. The molecule has 2 rings (SSSR count). The molecule has 0 radical (unpaired) electrons. The van der Waals surface area contributed by atoms with Crippen LogP contribution in [0.5, 0.6) is 5.75 Å². The number of halogens is 1. The molecule has 0 saturated heterocycles. The maximum atomic E-state index is 13.6. The SMILES string of the molecule is C[C@@H](O)c1ccc(OCc2cscn2)c(F)c1. The van der Waals surface area contributed by atoms with Crippen molar-refractivity contribution in [3.8, 4) is 5.75 Å². The molecule has 3 nitrogen and oxygen atoms in total. The van der Waals surface area contributed by atoms with Crippen molar-refractivity contribution in [2.24, 2.45) is 0 Å².